The van der Waals surface area contributed by atoms with Crippen LogP contribution in [0.25, 0.3) is 0 Å². The third-order valence-electron chi connectivity index (χ3n) is 2.63. The van der Waals surface area contributed by atoms with Gasteiger partial charge in [-0.2, -0.15) is 13.2 Å². The van der Waals surface area contributed by atoms with Crippen LogP contribution in [0.1, 0.15) is 41.6 Å². The monoisotopic (exact) mass is 356 g/mol. The van der Waals surface area contributed by atoms with Crippen LogP contribution in [-0.4, -0.2) is 11.1 Å². The fraction of sp³-hybridized carbons (Fsp3) is 0.462. The predicted molar refractivity (Wildman–Crippen MR) is 73.0 cm³/mol. The highest BCUT2D eigenvalue weighted by molar-refractivity contribution is 9.09. The van der Waals surface area contributed by atoms with E-state index in [0.717, 1.165) is 30.3 Å². The lowest BCUT2D eigenvalue weighted by molar-refractivity contribution is -0.137. The summed E-state index contributed by atoms with van der Waals surface area (Å²) in [5.74, 6) is -0.281. The van der Waals surface area contributed by atoms with Crippen molar-refractivity contribution >= 4 is 33.3 Å². The SMILES string of the molecule is O=C(CCCCCBr)c1ccc(Cl)c(C(F)(F)F)c1. The molecule has 0 unspecified atom stereocenters. The highest BCUT2D eigenvalue weighted by Crippen LogP contribution is 2.35. The molecule has 0 aliphatic rings. The number of carbonyl (C=O) groups excluding carboxylic acids is 1. The topological polar surface area (TPSA) is 17.1 Å². The van der Waals surface area contributed by atoms with Crippen LogP contribution in [0.3, 0.4) is 0 Å². The van der Waals surface area contributed by atoms with E-state index < -0.39 is 11.7 Å². The first-order valence-electron chi connectivity index (χ1n) is 5.82. The molecular weight excluding hydrogens is 344 g/mol. The molecule has 0 bridgehead atoms. The van der Waals surface area contributed by atoms with Gasteiger partial charge in [0.05, 0.1) is 10.6 Å². The summed E-state index contributed by atoms with van der Waals surface area (Å²) in [6.45, 7) is 0. The number of unbranched alkanes of at least 4 members (excludes halogenated alkanes) is 2. The molecule has 1 nitrogen and oxygen atoms in total. The van der Waals surface area contributed by atoms with Gasteiger partial charge in [-0.05, 0) is 31.0 Å². The smallest absolute Gasteiger partial charge is 0.294 e. The quantitative estimate of drug-likeness (QED) is 0.373. The molecule has 106 valence electrons. The van der Waals surface area contributed by atoms with Gasteiger partial charge >= 0.3 is 6.18 Å². The first-order valence-corrected chi connectivity index (χ1v) is 7.32. The Morgan fingerprint density at radius 3 is 2.47 bits per heavy atom. The minimum Gasteiger partial charge on any atom is -0.294 e. The van der Waals surface area contributed by atoms with E-state index in [4.69, 9.17) is 11.6 Å². The van der Waals surface area contributed by atoms with E-state index in [1.54, 1.807) is 0 Å². The van der Waals surface area contributed by atoms with E-state index >= 15 is 0 Å². The number of hydrogen-bond acceptors (Lipinski definition) is 1. The second kappa shape index (κ2) is 7.29. The van der Waals surface area contributed by atoms with E-state index in [2.05, 4.69) is 15.9 Å². The standard InChI is InChI=1S/C13H13BrClF3O/c14-7-3-1-2-4-12(19)9-5-6-11(15)10(8-9)13(16,17)18/h5-6,8H,1-4,7H2. The Morgan fingerprint density at radius 2 is 1.89 bits per heavy atom. The molecule has 0 saturated carbocycles. The molecule has 0 heterocycles. The first kappa shape index (κ1) is 16.5. The summed E-state index contributed by atoms with van der Waals surface area (Å²) in [5, 5.41) is 0.476. The molecule has 1 aromatic carbocycles. The van der Waals surface area contributed by atoms with Crippen molar-refractivity contribution in [3.63, 3.8) is 0 Å². The van der Waals surface area contributed by atoms with Crippen molar-refractivity contribution in [1.29, 1.82) is 0 Å². The molecule has 0 radical (unpaired) electrons. The lowest BCUT2D eigenvalue weighted by atomic mass is 10.0. The summed E-state index contributed by atoms with van der Waals surface area (Å²) in [7, 11) is 0. The Hall–Kier alpha value is -0.550. The molecule has 0 saturated heterocycles. The number of carbonyl (C=O) groups is 1. The average Bonchev–Trinajstić information content (AvgIpc) is 2.33. The van der Waals surface area contributed by atoms with Crippen molar-refractivity contribution in [2.75, 3.05) is 5.33 Å². The van der Waals surface area contributed by atoms with Crippen LogP contribution in [0.2, 0.25) is 5.02 Å². The normalized spacial score (nSPS) is 11.6. The number of ketones is 1. The molecule has 0 atom stereocenters. The Bertz CT molecular complexity index is 446. The fourth-order valence-corrected chi connectivity index (χ4v) is 2.24. The van der Waals surface area contributed by atoms with Crippen molar-refractivity contribution in [1.82, 2.24) is 0 Å². The lowest BCUT2D eigenvalue weighted by Crippen LogP contribution is -2.08. The Labute approximate surface area is 123 Å². The molecule has 0 aliphatic carbocycles. The van der Waals surface area contributed by atoms with Gasteiger partial charge in [0.15, 0.2) is 5.78 Å². The largest absolute Gasteiger partial charge is 0.417 e. The van der Waals surface area contributed by atoms with E-state index in [0.29, 0.717) is 6.42 Å². The van der Waals surface area contributed by atoms with Gasteiger partial charge in [-0.1, -0.05) is 34.0 Å². The van der Waals surface area contributed by atoms with Crippen molar-refractivity contribution in [2.45, 2.75) is 31.9 Å². The van der Waals surface area contributed by atoms with Gasteiger partial charge in [0.2, 0.25) is 0 Å². The summed E-state index contributed by atoms with van der Waals surface area (Å²) in [5.41, 5.74) is -0.893. The van der Waals surface area contributed by atoms with Crippen LogP contribution in [-0.2, 0) is 6.18 Å². The first-order chi connectivity index (χ1) is 8.86. The van der Waals surface area contributed by atoms with E-state index in [1.165, 1.54) is 6.07 Å². The van der Waals surface area contributed by atoms with Crippen LogP contribution in [0, 0.1) is 0 Å². The van der Waals surface area contributed by atoms with Crippen LogP contribution < -0.4 is 0 Å². The minimum absolute atomic E-state index is 0.0653. The Balaban J connectivity index is 2.76. The van der Waals surface area contributed by atoms with Crippen molar-refractivity contribution in [2.24, 2.45) is 0 Å². The predicted octanol–water partition coefficient (Wildman–Crippen LogP) is 5.50. The van der Waals surface area contributed by atoms with Crippen LogP contribution in [0.5, 0.6) is 0 Å². The molecule has 0 aromatic heterocycles. The van der Waals surface area contributed by atoms with Crippen molar-refractivity contribution < 1.29 is 18.0 Å². The second-order valence-electron chi connectivity index (χ2n) is 4.12. The maximum absolute atomic E-state index is 12.6. The molecule has 0 N–H and O–H groups in total. The van der Waals surface area contributed by atoms with Crippen molar-refractivity contribution in [3.8, 4) is 0 Å². The molecule has 0 aliphatic heterocycles. The molecule has 0 amide bonds. The summed E-state index contributed by atoms with van der Waals surface area (Å²) < 4.78 is 37.9. The fourth-order valence-electron chi connectivity index (χ4n) is 1.62. The maximum atomic E-state index is 12.6. The van der Waals surface area contributed by atoms with E-state index in [9.17, 15) is 18.0 Å². The minimum atomic E-state index is -4.54. The lowest BCUT2D eigenvalue weighted by Gasteiger charge is -2.10. The zero-order chi connectivity index (χ0) is 14.5. The Kier molecular flexibility index (Phi) is 6.33. The Morgan fingerprint density at radius 1 is 1.21 bits per heavy atom. The zero-order valence-electron chi connectivity index (χ0n) is 10.1. The van der Waals surface area contributed by atoms with Crippen LogP contribution >= 0.6 is 27.5 Å². The summed E-state index contributed by atoms with van der Waals surface area (Å²) in [4.78, 5) is 11.8. The van der Waals surface area contributed by atoms with Crippen LogP contribution in [0.4, 0.5) is 13.2 Å². The molecule has 1 rings (SSSR count). The number of Topliss-reactive ketones (excluding diaryl/α,β-unsaturated/α-hetero) is 1. The molecule has 6 heteroatoms. The molecule has 19 heavy (non-hydrogen) atoms. The summed E-state index contributed by atoms with van der Waals surface area (Å²) >= 11 is 8.77. The average molecular weight is 358 g/mol. The highest BCUT2D eigenvalue weighted by Gasteiger charge is 2.33. The number of alkyl halides is 4. The third-order valence-corrected chi connectivity index (χ3v) is 3.52. The van der Waals surface area contributed by atoms with Gasteiger partial charge < -0.3 is 0 Å². The van der Waals surface area contributed by atoms with Gasteiger partial charge in [-0.3, -0.25) is 4.79 Å². The van der Waals surface area contributed by atoms with Gasteiger partial charge in [-0.25, -0.2) is 0 Å². The molecule has 1 aromatic rings. The van der Waals surface area contributed by atoms with Gasteiger partial charge in [0.25, 0.3) is 0 Å². The zero-order valence-corrected chi connectivity index (χ0v) is 12.4. The van der Waals surface area contributed by atoms with Crippen LogP contribution in [0.15, 0.2) is 18.2 Å². The van der Waals surface area contributed by atoms with Gasteiger partial charge in [0, 0.05) is 17.3 Å². The maximum Gasteiger partial charge on any atom is 0.417 e. The molecule has 0 spiro atoms. The van der Waals surface area contributed by atoms with E-state index in [1.807, 2.05) is 0 Å². The molecular formula is C13H13BrClF3O. The molecule has 0 fully saturated rings. The van der Waals surface area contributed by atoms with Gasteiger partial charge in [-0.15, -0.1) is 0 Å². The summed E-state index contributed by atoms with van der Waals surface area (Å²) in [6.07, 6.45) is -1.79. The highest BCUT2D eigenvalue weighted by atomic mass is 79.9. The number of rotatable bonds is 6. The second-order valence-corrected chi connectivity index (χ2v) is 5.32. The van der Waals surface area contributed by atoms with Crippen molar-refractivity contribution in [3.05, 3.63) is 34.3 Å². The summed E-state index contributed by atoms with van der Waals surface area (Å²) in [6, 6.07) is 3.29. The third kappa shape index (κ3) is 5.15. The van der Waals surface area contributed by atoms with Gasteiger partial charge in [0.1, 0.15) is 0 Å². The number of halogens is 5. The number of benzene rings is 1. The number of hydrogen-bond donors (Lipinski definition) is 0. The van der Waals surface area contributed by atoms with E-state index in [-0.39, 0.29) is 22.8 Å².